The molecule has 0 fully saturated rings. The number of hydrogen-bond acceptors (Lipinski definition) is 3. The van der Waals surface area contributed by atoms with Crippen molar-refractivity contribution in [2.45, 2.75) is 25.7 Å². The summed E-state index contributed by atoms with van der Waals surface area (Å²) in [5.41, 5.74) is 4.99. The van der Waals surface area contributed by atoms with Crippen molar-refractivity contribution < 1.29 is 17.6 Å². The van der Waals surface area contributed by atoms with Crippen LogP contribution in [0.25, 0.3) is 0 Å². The van der Waals surface area contributed by atoms with Crippen LogP contribution in [0.15, 0.2) is 28.2 Å². The summed E-state index contributed by atoms with van der Waals surface area (Å²) in [6.45, 7) is 1.54. The van der Waals surface area contributed by atoms with Gasteiger partial charge < -0.3 is 10.2 Å². The van der Waals surface area contributed by atoms with Crippen molar-refractivity contribution in [1.82, 2.24) is 4.90 Å². The Morgan fingerprint density at radius 2 is 2.00 bits per heavy atom. The molecule has 2 heterocycles. The van der Waals surface area contributed by atoms with Gasteiger partial charge in [-0.05, 0) is 18.6 Å². The topological polar surface area (TPSA) is 42.4 Å². The van der Waals surface area contributed by atoms with E-state index in [4.69, 9.17) is 10.2 Å². The molecule has 1 aliphatic heterocycles. The lowest BCUT2D eigenvalue weighted by Crippen LogP contribution is -2.31. The van der Waals surface area contributed by atoms with Crippen LogP contribution in [-0.4, -0.2) is 24.2 Å². The van der Waals surface area contributed by atoms with Gasteiger partial charge in [-0.2, -0.15) is 13.2 Å². The Morgan fingerprint density at radius 3 is 2.50 bits per heavy atom. The van der Waals surface area contributed by atoms with Crippen molar-refractivity contribution >= 4 is 0 Å². The molecule has 0 spiro atoms. The zero-order valence-electron chi connectivity index (χ0n) is 9.83. The molecule has 0 bridgehead atoms. The molecule has 0 unspecified atom stereocenters. The van der Waals surface area contributed by atoms with Crippen molar-refractivity contribution in [2.75, 3.05) is 13.1 Å². The summed E-state index contributed by atoms with van der Waals surface area (Å²) in [5, 5.41) is 0. The summed E-state index contributed by atoms with van der Waals surface area (Å²) in [4.78, 5) is 1.91. The third-order valence-corrected chi connectivity index (χ3v) is 2.96. The van der Waals surface area contributed by atoms with Crippen LogP contribution < -0.4 is 5.73 Å². The number of furan rings is 1. The highest BCUT2D eigenvalue weighted by atomic mass is 19.4. The SMILES string of the molecule is NCc1ccc(CN2CC=C(C(F)(F)F)CC2)o1. The molecule has 0 aliphatic carbocycles. The number of rotatable bonds is 3. The van der Waals surface area contributed by atoms with Gasteiger partial charge in [0.15, 0.2) is 0 Å². The molecule has 2 N–H and O–H groups in total. The first-order valence-corrected chi connectivity index (χ1v) is 5.75. The molecule has 6 heteroatoms. The van der Waals surface area contributed by atoms with Gasteiger partial charge in [-0.3, -0.25) is 4.90 Å². The van der Waals surface area contributed by atoms with E-state index < -0.39 is 11.7 Å². The molecule has 0 saturated carbocycles. The van der Waals surface area contributed by atoms with Gasteiger partial charge >= 0.3 is 6.18 Å². The number of halogens is 3. The van der Waals surface area contributed by atoms with Gasteiger partial charge in [-0.15, -0.1) is 0 Å². The fourth-order valence-electron chi connectivity index (χ4n) is 1.95. The van der Waals surface area contributed by atoms with Crippen LogP contribution in [0.2, 0.25) is 0 Å². The van der Waals surface area contributed by atoms with E-state index in [1.807, 2.05) is 11.0 Å². The second kappa shape index (κ2) is 5.16. The van der Waals surface area contributed by atoms with Crippen LogP contribution >= 0.6 is 0 Å². The molecule has 1 aromatic rings. The van der Waals surface area contributed by atoms with Gasteiger partial charge in [0.2, 0.25) is 0 Å². The number of nitrogens with two attached hydrogens (primary N) is 1. The van der Waals surface area contributed by atoms with Gasteiger partial charge in [0.1, 0.15) is 11.5 Å². The molecule has 18 heavy (non-hydrogen) atoms. The Balaban J connectivity index is 1.92. The van der Waals surface area contributed by atoms with E-state index in [9.17, 15) is 13.2 Å². The fourth-order valence-corrected chi connectivity index (χ4v) is 1.95. The highest BCUT2D eigenvalue weighted by Gasteiger charge is 2.34. The first-order chi connectivity index (χ1) is 8.49. The Bertz CT molecular complexity index is 437. The maximum Gasteiger partial charge on any atom is 0.412 e. The van der Waals surface area contributed by atoms with Gasteiger partial charge in [0.25, 0.3) is 0 Å². The predicted octanol–water partition coefficient (Wildman–Crippen LogP) is 2.43. The van der Waals surface area contributed by atoms with E-state index in [-0.39, 0.29) is 6.42 Å². The maximum absolute atomic E-state index is 12.4. The summed E-state index contributed by atoms with van der Waals surface area (Å²) in [7, 11) is 0. The monoisotopic (exact) mass is 260 g/mol. The molecular weight excluding hydrogens is 245 g/mol. The highest BCUT2D eigenvalue weighted by Crippen LogP contribution is 2.30. The molecule has 2 rings (SSSR count). The lowest BCUT2D eigenvalue weighted by Gasteiger charge is -2.26. The van der Waals surface area contributed by atoms with Crippen molar-refractivity contribution in [3.8, 4) is 0 Å². The average molecular weight is 260 g/mol. The first-order valence-electron chi connectivity index (χ1n) is 5.75. The largest absolute Gasteiger partial charge is 0.463 e. The Kier molecular flexibility index (Phi) is 3.77. The molecular formula is C12H15F3N2O. The van der Waals surface area contributed by atoms with Crippen molar-refractivity contribution in [1.29, 1.82) is 0 Å². The minimum absolute atomic E-state index is 0.0357. The van der Waals surface area contributed by atoms with Crippen molar-refractivity contribution in [3.63, 3.8) is 0 Å². The van der Waals surface area contributed by atoms with Crippen LogP contribution in [0.5, 0.6) is 0 Å². The number of hydrogen-bond donors (Lipinski definition) is 1. The quantitative estimate of drug-likeness (QED) is 0.849. The molecule has 1 aliphatic rings. The molecule has 0 saturated heterocycles. The van der Waals surface area contributed by atoms with Gasteiger partial charge in [0.05, 0.1) is 13.1 Å². The molecule has 0 radical (unpaired) electrons. The molecule has 1 aromatic heterocycles. The molecule has 0 aromatic carbocycles. The molecule has 0 amide bonds. The smallest absolute Gasteiger partial charge is 0.412 e. The van der Waals surface area contributed by atoms with Crippen LogP contribution in [0.1, 0.15) is 17.9 Å². The van der Waals surface area contributed by atoms with E-state index in [1.54, 1.807) is 6.07 Å². The number of alkyl halides is 3. The lowest BCUT2D eigenvalue weighted by molar-refractivity contribution is -0.0961. The summed E-state index contributed by atoms with van der Waals surface area (Å²) in [6, 6.07) is 3.60. The van der Waals surface area contributed by atoms with E-state index in [2.05, 4.69) is 0 Å². The van der Waals surface area contributed by atoms with Gasteiger partial charge in [-0.1, -0.05) is 6.08 Å². The summed E-state index contributed by atoms with van der Waals surface area (Å²) < 4.78 is 42.7. The van der Waals surface area contributed by atoms with Gasteiger partial charge in [-0.25, -0.2) is 0 Å². The predicted molar refractivity (Wildman–Crippen MR) is 60.6 cm³/mol. The Hall–Kier alpha value is -1.27. The van der Waals surface area contributed by atoms with E-state index in [0.29, 0.717) is 31.9 Å². The van der Waals surface area contributed by atoms with Gasteiger partial charge in [0, 0.05) is 18.7 Å². The van der Waals surface area contributed by atoms with Crippen LogP contribution in [0, 0.1) is 0 Å². The summed E-state index contributed by atoms with van der Waals surface area (Å²) in [5.74, 6) is 1.42. The van der Waals surface area contributed by atoms with Crippen LogP contribution in [-0.2, 0) is 13.1 Å². The lowest BCUT2D eigenvalue weighted by atomic mass is 10.1. The zero-order valence-corrected chi connectivity index (χ0v) is 9.83. The van der Waals surface area contributed by atoms with Crippen LogP contribution in [0.4, 0.5) is 13.2 Å². The van der Waals surface area contributed by atoms with E-state index in [0.717, 1.165) is 5.76 Å². The zero-order chi connectivity index (χ0) is 13.2. The second-order valence-corrected chi connectivity index (χ2v) is 4.28. The van der Waals surface area contributed by atoms with E-state index >= 15 is 0 Å². The van der Waals surface area contributed by atoms with Crippen LogP contribution in [0.3, 0.4) is 0 Å². The molecule has 100 valence electrons. The highest BCUT2D eigenvalue weighted by molar-refractivity contribution is 5.14. The third kappa shape index (κ3) is 3.14. The minimum Gasteiger partial charge on any atom is -0.463 e. The summed E-state index contributed by atoms with van der Waals surface area (Å²) in [6.07, 6.45) is -2.91. The van der Waals surface area contributed by atoms with Crippen molar-refractivity contribution in [3.05, 3.63) is 35.3 Å². The standard InChI is InChI=1S/C12H15F3N2O/c13-12(14,15)9-3-5-17(6-4-9)8-11-2-1-10(7-16)18-11/h1-3H,4-8,16H2. The normalized spacial score (nSPS) is 17.9. The third-order valence-electron chi connectivity index (χ3n) is 2.96. The Morgan fingerprint density at radius 1 is 1.28 bits per heavy atom. The fraction of sp³-hybridized carbons (Fsp3) is 0.500. The average Bonchev–Trinajstić information content (AvgIpc) is 2.76. The maximum atomic E-state index is 12.4. The second-order valence-electron chi connectivity index (χ2n) is 4.28. The van der Waals surface area contributed by atoms with Crippen molar-refractivity contribution in [2.24, 2.45) is 5.73 Å². The minimum atomic E-state index is -4.19. The Labute approximate surface area is 103 Å². The number of nitrogens with zero attached hydrogens (tertiary/aromatic N) is 1. The molecule has 0 atom stereocenters. The first kappa shape index (κ1) is 13.2. The summed E-state index contributed by atoms with van der Waals surface area (Å²) >= 11 is 0. The molecule has 3 nitrogen and oxygen atoms in total. The van der Waals surface area contributed by atoms with E-state index in [1.165, 1.54) is 6.08 Å².